The number of benzene rings is 1. The van der Waals surface area contributed by atoms with Crippen molar-refractivity contribution >= 4 is 11.5 Å². The number of hydrogen-bond donors (Lipinski definition) is 1. The molecule has 0 radical (unpaired) electrons. The molecule has 0 bridgehead atoms. The summed E-state index contributed by atoms with van der Waals surface area (Å²) >= 11 is 0. The van der Waals surface area contributed by atoms with Crippen molar-refractivity contribution in [2.75, 3.05) is 11.4 Å². The van der Waals surface area contributed by atoms with Crippen LogP contribution in [0.3, 0.4) is 0 Å². The molecule has 0 aliphatic carbocycles. The Hall–Kier alpha value is -1.51. The predicted molar refractivity (Wildman–Crippen MR) is 70.9 cm³/mol. The molecule has 0 atom stereocenters. The molecule has 0 heterocycles. The zero-order valence-corrected chi connectivity index (χ0v) is 11.0. The van der Waals surface area contributed by atoms with Crippen LogP contribution in [0.15, 0.2) is 18.2 Å². The van der Waals surface area contributed by atoms with Crippen LogP contribution in [0.25, 0.3) is 0 Å². The van der Waals surface area contributed by atoms with E-state index >= 15 is 0 Å². The molecule has 0 aliphatic rings. The first-order valence-corrected chi connectivity index (χ1v) is 6.08. The molecule has 1 aromatic carbocycles. The Labute approximate surface area is 103 Å². The predicted octanol–water partition coefficient (Wildman–Crippen LogP) is 3.22. The van der Waals surface area contributed by atoms with Gasteiger partial charge >= 0.3 is 0 Å². The first-order valence-electron chi connectivity index (χ1n) is 6.08. The Balaban J connectivity index is 3.06. The lowest BCUT2D eigenvalue weighted by atomic mass is 10.1. The third kappa shape index (κ3) is 3.22. The van der Waals surface area contributed by atoms with E-state index in [4.69, 9.17) is 0 Å². The van der Waals surface area contributed by atoms with Crippen LogP contribution in [0.4, 0.5) is 5.69 Å². The molecular formula is C14H21NO2. The second-order valence-electron chi connectivity index (χ2n) is 4.54. The van der Waals surface area contributed by atoms with E-state index in [0.29, 0.717) is 11.6 Å². The van der Waals surface area contributed by atoms with Crippen molar-refractivity contribution in [3.05, 3.63) is 23.8 Å². The number of rotatable bonds is 5. The Kier molecular flexibility index (Phi) is 4.55. The summed E-state index contributed by atoms with van der Waals surface area (Å²) < 4.78 is 0. The number of ketones is 1. The van der Waals surface area contributed by atoms with E-state index in [1.54, 1.807) is 12.1 Å². The van der Waals surface area contributed by atoms with E-state index in [9.17, 15) is 9.90 Å². The van der Waals surface area contributed by atoms with Gasteiger partial charge in [0.1, 0.15) is 5.75 Å². The molecule has 94 valence electrons. The van der Waals surface area contributed by atoms with Crippen molar-refractivity contribution in [3.63, 3.8) is 0 Å². The van der Waals surface area contributed by atoms with Gasteiger partial charge in [-0.15, -0.1) is 0 Å². The Morgan fingerprint density at radius 2 is 2.06 bits per heavy atom. The van der Waals surface area contributed by atoms with E-state index < -0.39 is 0 Å². The van der Waals surface area contributed by atoms with E-state index in [1.165, 1.54) is 6.92 Å². The van der Waals surface area contributed by atoms with Gasteiger partial charge in [0.05, 0.1) is 5.56 Å². The summed E-state index contributed by atoms with van der Waals surface area (Å²) in [4.78, 5) is 13.4. The third-order valence-electron chi connectivity index (χ3n) is 2.78. The van der Waals surface area contributed by atoms with E-state index in [2.05, 4.69) is 25.7 Å². The maximum atomic E-state index is 11.2. The lowest BCUT2D eigenvalue weighted by Gasteiger charge is -2.28. The number of aromatic hydroxyl groups is 1. The van der Waals surface area contributed by atoms with Crippen LogP contribution in [0, 0.1) is 0 Å². The highest BCUT2D eigenvalue weighted by atomic mass is 16.3. The number of hydrogen-bond acceptors (Lipinski definition) is 3. The average Bonchev–Trinajstić information content (AvgIpc) is 2.24. The van der Waals surface area contributed by atoms with Gasteiger partial charge < -0.3 is 10.0 Å². The zero-order chi connectivity index (χ0) is 13.0. The number of phenolic OH excluding ortho intramolecular Hbond substituents is 1. The van der Waals surface area contributed by atoms with Gasteiger partial charge in [0.15, 0.2) is 5.78 Å². The number of Topliss-reactive ketones (excluding diaryl/α,β-unsaturated/α-hetero) is 1. The van der Waals surface area contributed by atoms with Gasteiger partial charge in [-0.25, -0.2) is 0 Å². The molecule has 1 aromatic rings. The monoisotopic (exact) mass is 235 g/mol. The number of carbonyl (C=O) groups is 1. The fraction of sp³-hybridized carbons (Fsp3) is 0.500. The normalized spacial score (nSPS) is 10.6. The van der Waals surface area contributed by atoms with Crippen molar-refractivity contribution in [2.45, 2.75) is 40.2 Å². The lowest BCUT2D eigenvalue weighted by Crippen LogP contribution is -2.31. The maximum absolute atomic E-state index is 11.2. The number of nitrogens with zero attached hydrogens (tertiary/aromatic N) is 1. The minimum atomic E-state index is -0.111. The van der Waals surface area contributed by atoms with Crippen molar-refractivity contribution in [2.24, 2.45) is 0 Å². The van der Waals surface area contributed by atoms with E-state index in [1.807, 2.05) is 6.07 Å². The first-order chi connectivity index (χ1) is 7.97. The summed E-state index contributed by atoms with van der Waals surface area (Å²) in [6.45, 7) is 8.76. The second-order valence-corrected chi connectivity index (χ2v) is 4.54. The number of phenols is 1. The molecule has 0 saturated heterocycles. The topological polar surface area (TPSA) is 40.5 Å². The van der Waals surface area contributed by atoms with Crippen LogP contribution >= 0.6 is 0 Å². The van der Waals surface area contributed by atoms with E-state index in [0.717, 1.165) is 18.7 Å². The van der Waals surface area contributed by atoms with Gasteiger partial charge in [0.2, 0.25) is 0 Å². The summed E-state index contributed by atoms with van der Waals surface area (Å²) in [7, 11) is 0. The Morgan fingerprint density at radius 1 is 1.41 bits per heavy atom. The maximum Gasteiger partial charge on any atom is 0.163 e. The van der Waals surface area contributed by atoms with Gasteiger partial charge in [0, 0.05) is 24.3 Å². The Morgan fingerprint density at radius 3 is 2.47 bits per heavy atom. The molecule has 0 aromatic heterocycles. The fourth-order valence-electron chi connectivity index (χ4n) is 1.92. The number of anilines is 1. The molecular weight excluding hydrogens is 214 g/mol. The summed E-state index contributed by atoms with van der Waals surface area (Å²) in [5, 5.41) is 9.81. The molecule has 1 rings (SSSR count). The van der Waals surface area contributed by atoms with Crippen LogP contribution in [-0.2, 0) is 0 Å². The lowest BCUT2D eigenvalue weighted by molar-refractivity contribution is 0.101. The van der Waals surface area contributed by atoms with Gasteiger partial charge in [-0.05, 0) is 39.3 Å². The highest BCUT2D eigenvalue weighted by molar-refractivity contribution is 5.97. The molecule has 0 saturated carbocycles. The minimum absolute atomic E-state index is 0.0664. The molecule has 0 unspecified atom stereocenters. The van der Waals surface area contributed by atoms with Crippen LogP contribution in [0.1, 0.15) is 44.5 Å². The summed E-state index contributed by atoms with van der Waals surface area (Å²) in [6, 6.07) is 5.63. The molecule has 3 nitrogen and oxygen atoms in total. The molecule has 0 fully saturated rings. The summed E-state index contributed by atoms with van der Waals surface area (Å²) in [5.74, 6) is -0.0441. The smallest absolute Gasteiger partial charge is 0.163 e. The van der Waals surface area contributed by atoms with E-state index in [-0.39, 0.29) is 11.5 Å². The van der Waals surface area contributed by atoms with Crippen molar-refractivity contribution in [3.8, 4) is 5.75 Å². The van der Waals surface area contributed by atoms with Crippen molar-refractivity contribution in [1.82, 2.24) is 0 Å². The average molecular weight is 235 g/mol. The molecule has 0 amide bonds. The molecule has 1 N–H and O–H groups in total. The van der Waals surface area contributed by atoms with Crippen LogP contribution in [0.5, 0.6) is 5.75 Å². The van der Waals surface area contributed by atoms with Crippen LogP contribution in [0.2, 0.25) is 0 Å². The van der Waals surface area contributed by atoms with Gasteiger partial charge in [-0.3, -0.25) is 4.79 Å². The second kappa shape index (κ2) is 5.71. The Bertz CT molecular complexity index is 399. The third-order valence-corrected chi connectivity index (χ3v) is 2.78. The highest BCUT2D eigenvalue weighted by Gasteiger charge is 2.13. The summed E-state index contributed by atoms with van der Waals surface area (Å²) in [5.41, 5.74) is 1.35. The fourth-order valence-corrected chi connectivity index (χ4v) is 1.92. The first kappa shape index (κ1) is 13.6. The van der Waals surface area contributed by atoms with Crippen LogP contribution < -0.4 is 4.90 Å². The highest BCUT2D eigenvalue weighted by Crippen LogP contribution is 2.26. The quantitative estimate of drug-likeness (QED) is 0.797. The SMILES string of the molecule is CCCN(c1ccc(C(C)=O)c(O)c1)C(C)C. The van der Waals surface area contributed by atoms with Crippen molar-refractivity contribution in [1.29, 1.82) is 0 Å². The van der Waals surface area contributed by atoms with Gasteiger partial charge in [0.25, 0.3) is 0 Å². The number of carbonyl (C=O) groups excluding carboxylic acids is 1. The van der Waals surface area contributed by atoms with Crippen molar-refractivity contribution < 1.29 is 9.90 Å². The molecule has 0 spiro atoms. The zero-order valence-electron chi connectivity index (χ0n) is 11.0. The standard InChI is InChI=1S/C14H21NO2/c1-5-8-15(10(2)3)12-6-7-13(11(4)16)14(17)9-12/h6-7,9-10,17H,5,8H2,1-4H3. The molecule has 3 heteroatoms. The molecule has 0 aliphatic heterocycles. The summed E-state index contributed by atoms with van der Waals surface area (Å²) in [6.07, 6.45) is 1.05. The van der Waals surface area contributed by atoms with Gasteiger partial charge in [-0.2, -0.15) is 0 Å². The van der Waals surface area contributed by atoms with Gasteiger partial charge in [-0.1, -0.05) is 6.92 Å². The van der Waals surface area contributed by atoms with Crippen LogP contribution in [-0.4, -0.2) is 23.5 Å². The molecule has 17 heavy (non-hydrogen) atoms. The largest absolute Gasteiger partial charge is 0.507 e. The minimum Gasteiger partial charge on any atom is -0.507 e.